The highest BCUT2D eigenvalue weighted by Crippen LogP contribution is 2.61. The highest BCUT2D eigenvalue weighted by atomic mass is 16.3. The number of fused-ring (bicyclic) bond motifs is 20. The molecule has 3 nitrogen and oxygen atoms in total. The van der Waals surface area contributed by atoms with Crippen LogP contribution in [0.1, 0.15) is 128 Å². The summed E-state index contributed by atoms with van der Waals surface area (Å²) < 4.78 is 9.66. The topological polar surface area (TPSA) is 21.3 Å². The zero-order chi connectivity index (χ0) is 47.9. The molecule has 0 amide bonds. The number of para-hydroxylation sites is 1. The second kappa shape index (κ2) is 12.8. The van der Waals surface area contributed by atoms with Gasteiger partial charge in [0.15, 0.2) is 0 Å². The molecule has 4 heterocycles. The molecule has 0 saturated heterocycles. The van der Waals surface area contributed by atoms with Gasteiger partial charge in [-0.15, -0.1) is 0 Å². The van der Waals surface area contributed by atoms with Crippen LogP contribution in [0.15, 0.2) is 138 Å². The molecule has 4 heteroatoms. The Labute approximate surface area is 412 Å². The Morgan fingerprint density at radius 1 is 0.514 bits per heavy atom. The predicted molar refractivity (Wildman–Crippen MR) is 296 cm³/mol. The van der Waals surface area contributed by atoms with Crippen molar-refractivity contribution in [3.63, 3.8) is 0 Å². The van der Waals surface area contributed by atoms with E-state index in [0.717, 1.165) is 21.9 Å². The highest BCUT2D eigenvalue weighted by Gasteiger charge is 2.51. The Kier molecular flexibility index (Phi) is 7.48. The summed E-state index contributed by atoms with van der Waals surface area (Å²) in [6.45, 7) is 26.7. The fraction of sp³-hybridized carbons (Fsp3) is 0.273. The molecular formula is C66H59BN2O. The van der Waals surface area contributed by atoms with Gasteiger partial charge in [-0.1, -0.05) is 161 Å². The van der Waals surface area contributed by atoms with Crippen LogP contribution >= 0.6 is 0 Å². The molecule has 0 atom stereocenters. The lowest BCUT2D eigenvalue weighted by molar-refractivity contribution is 0.332. The number of rotatable bonds is 1. The van der Waals surface area contributed by atoms with E-state index in [4.69, 9.17) is 4.42 Å². The minimum absolute atomic E-state index is 0.0154. The summed E-state index contributed by atoms with van der Waals surface area (Å²) in [5.41, 5.74) is 28.7. The van der Waals surface area contributed by atoms with Gasteiger partial charge in [0, 0.05) is 55.0 Å². The first kappa shape index (κ1) is 41.0. The second-order valence-electron chi connectivity index (χ2n) is 25.1. The van der Waals surface area contributed by atoms with E-state index in [2.05, 4.69) is 219 Å². The lowest BCUT2D eigenvalue weighted by Crippen LogP contribution is -2.61. The van der Waals surface area contributed by atoms with Crippen molar-refractivity contribution >= 4 is 72.9 Å². The molecule has 8 aromatic carbocycles. The number of hydrogen-bond acceptors (Lipinski definition) is 2. The Bertz CT molecular complexity index is 4050. The highest BCUT2D eigenvalue weighted by molar-refractivity contribution is 6.94. The number of aromatic nitrogens is 1. The number of furan rings is 1. The average molecular weight is 907 g/mol. The summed E-state index contributed by atoms with van der Waals surface area (Å²) in [6.07, 6.45) is 2.34. The molecule has 0 fully saturated rings. The normalized spacial score (nSPS) is 17.9. The zero-order valence-electron chi connectivity index (χ0n) is 42.5. The first-order valence-electron chi connectivity index (χ1n) is 25.8. The van der Waals surface area contributed by atoms with Gasteiger partial charge in [-0.3, -0.25) is 0 Å². The van der Waals surface area contributed by atoms with Crippen LogP contribution in [0, 0.1) is 0 Å². The summed E-state index contributed by atoms with van der Waals surface area (Å²) in [5, 5.41) is 5.10. The van der Waals surface area contributed by atoms with Gasteiger partial charge in [-0.05, 0) is 155 Å². The van der Waals surface area contributed by atoms with E-state index in [9.17, 15) is 0 Å². The van der Waals surface area contributed by atoms with Crippen LogP contribution in [0.3, 0.4) is 0 Å². The van der Waals surface area contributed by atoms with Crippen LogP contribution in [-0.2, 0) is 27.1 Å². The van der Waals surface area contributed by atoms with E-state index in [-0.39, 0.29) is 33.9 Å². The molecule has 3 aliphatic carbocycles. The van der Waals surface area contributed by atoms with Crippen molar-refractivity contribution in [2.75, 3.05) is 4.81 Å². The van der Waals surface area contributed by atoms with E-state index in [1.807, 2.05) is 0 Å². The molecule has 342 valence electrons. The molecule has 2 aliphatic heterocycles. The number of anilines is 2. The summed E-state index contributed by atoms with van der Waals surface area (Å²) in [4.78, 5) is 2.74. The van der Waals surface area contributed by atoms with Gasteiger partial charge in [0.25, 0.3) is 0 Å². The molecule has 10 aromatic rings. The van der Waals surface area contributed by atoms with E-state index < -0.39 is 0 Å². The molecule has 70 heavy (non-hydrogen) atoms. The SMILES string of the molecule is CC(C)(C)c1ccc(N2B3c4cc5c(cc4-n4c6cc7c(cc6c6c8c(c(c3c64)-c3cc4oc6ccccc6c4cc32)-c2ccccc2C8(C)C)C(C)(C)CCC7(C)C)-c2ccccc2C5(C)C)cc1. The van der Waals surface area contributed by atoms with Gasteiger partial charge in [0.1, 0.15) is 11.2 Å². The Balaban J connectivity index is 1.20. The van der Waals surface area contributed by atoms with Gasteiger partial charge in [0.05, 0.1) is 11.0 Å². The number of hydrogen-bond donors (Lipinski definition) is 0. The fourth-order valence-electron chi connectivity index (χ4n) is 14.7. The first-order valence-corrected chi connectivity index (χ1v) is 25.8. The van der Waals surface area contributed by atoms with Gasteiger partial charge in [-0.25, -0.2) is 0 Å². The van der Waals surface area contributed by atoms with E-state index >= 15 is 0 Å². The number of benzene rings is 8. The van der Waals surface area contributed by atoms with E-state index in [1.54, 1.807) is 0 Å². The summed E-state index contributed by atoms with van der Waals surface area (Å²) in [6, 6.07) is 52.2. The van der Waals surface area contributed by atoms with Gasteiger partial charge >= 0.3 is 6.85 Å². The summed E-state index contributed by atoms with van der Waals surface area (Å²) >= 11 is 0. The molecule has 0 unspecified atom stereocenters. The van der Waals surface area contributed by atoms with Gasteiger partial charge in [-0.2, -0.15) is 0 Å². The Hall–Kier alpha value is -6.78. The monoisotopic (exact) mass is 906 g/mol. The summed E-state index contributed by atoms with van der Waals surface area (Å²) in [7, 11) is 0. The molecule has 0 radical (unpaired) electrons. The lowest BCUT2D eigenvalue weighted by atomic mass is 9.43. The smallest absolute Gasteiger partial charge is 0.333 e. The lowest BCUT2D eigenvalue weighted by Gasteiger charge is -2.43. The quantitative estimate of drug-likeness (QED) is 0.153. The maximum absolute atomic E-state index is 6.89. The third-order valence-corrected chi connectivity index (χ3v) is 18.5. The van der Waals surface area contributed by atoms with Crippen LogP contribution in [0.4, 0.5) is 11.4 Å². The maximum Gasteiger partial charge on any atom is 0.333 e. The van der Waals surface area contributed by atoms with Crippen LogP contribution in [-0.4, -0.2) is 11.4 Å². The Morgan fingerprint density at radius 2 is 1.17 bits per heavy atom. The van der Waals surface area contributed by atoms with Gasteiger partial charge in [0.2, 0.25) is 0 Å². The van der Waals surface area contributed by atoms with Crippen molar-refractivity contribution in [2.24, 2.45) is 0 Å². The van der Waals surface area contributed by atoms with Crippen LogP contribution in [0.25, 0.3) is 82.8 Å². The first-order chi connectivity index (χ1) is 33.4. The summed E-state index contributed by atoms with van der Waals surface area (Å²) in [5.74, 6) is 0. The predicted octanol–water partition coefficient (Wildman–Crippen LogP) is 16.2. The molecule has 5 aliphatic rings. The van der Waals surface area contributed by atoms with Crippen molar-refractivity contribution in [3.05, 3.63) is 172 Å². The fourth-order valence-corrected chi connectivity index (χ4v) is 14.7. The van der Waals surface area contributed by atoms with Gasteiger partial charge < -0.3 is 13.8 Å². The van der Waals surface area contributed by atoms with E-state index in [0.29, 0.717) is 0 Å². The van der Waals surface area contributed by atoms with Crippen molar-refractivity contribution in [3.8, 4) is 39.1 Å². The van der Waals surface area contributed by atoms with Crippen molar-refractivity contribution in [1.82, 2.24) is 4.57 Å². The van der Waals surface area contributed by atoms with Crippen molar-refractivity contribution < 1.29 is 4.42 Å². The third kappa shape index (κ3) is 4.88. The molecule has 0 bridgehead atoms. The van der Waals surface area contributed by atoms with Crippen LogP contribution in [0.2, 0.25) is 0 Å². The maximum atomic E-state index is 6.89. The second-order valence-corrected chi connectivity index (χ2v) is 25.1. The average Bonchev–Trinajstić information content (AvgIpc) is 4.01. The Morgan fingerprint density at radius 3 is 1.90 bits per heavy atom. The molecule has 15 rings (SSSR count). The molecular weight excluding hydrogens is 848 g/mol. The molecule has 2 aromatic heterocycles. The van der Waals surface area contributed by atoms with Crippen molar-refractivity contribution in [1.29, 1.82) is 0 Å². The minimum atomic E-state index is -0.273. The van der Waals surface area contributed by atoms with E-state index in [1.165, 1.54) is 135 Å². The molecule has 0 saturated carbocycles. The largest absolute Gasteiger partial charge is 0.456 e. The molecule has 0 N–H and O–H groups in total. The molecule has 0 spiro atoms. The minimum Gasteiger partial charge on any atom is -0.456 e. The van der Waals surface area contributed by atoms with Crippen molar-refractivity contribution in [2.45, 2.75) is 116 Å². The van der Waals surface area contributed by atoms with Crippen LogP contribution < -0.4 is 15.7 Å². The standard InChI is InChI=1S/C66H59BN2O/c1-62(2,3)36-24-26-37(27-25-36)69-52-32-42-39-19-14-17-23-54(39)70-55(42)33-44(52)57-56-40-20-13-16-22-46(40)66(10,11)59(56)58-43-30-48-49(64(6,7)29-28-63(48,4)5)35-51(43)68-53-31-41-38-18-12-15-21-45(38)65(8,9)47(41)34-50(53)67(69)60(57)61(58)68/h12-27,30-35H,28-29H2,1-11H3. The van der Waals surface area contributed by atoms with Crippen LogP contribution in [0.5, 0.6) is 0 Å². The number of nitrogens with zero attached hydrogens (tertiary/aromatic N) is 2. The zero-order valence-corrected chi connectivity index (χ0v) is 42.5. The third-order valence-electron chi connectivity index (χ3n) is 18.5.